The second-order valence-corrected chi connectivity index (χ2v) is 6.76. The van der Waals surface area contributed by atoms with Crippen molar-refractivity contribution < 1.29 is 4.79 Å². The normalized spacial score (nSPS) is 13.6. The molecule has 0 saturated heterocycles. The Morgan fingerprint density at radius 2 is 2.32 bits per heavy atom. The summed E-state index contributed by atoms with van der Waals surface area (Å²) in [6, 6.07) is 1.99. The van der Waals surface area contributed by atoms with Crippen molar-refractivity contribution in [3.63, 3.8) is 0 Å². The second-order valence-electron chi connectivity index (χ2n) is 5.87. The predicted octanol–water partition coefficient (Wildman–Crippen LogP) is 0.912. The molecule has 3 aromatic rings. The smallest absolute Gasteiger partial charge is 0.272 e. The second kappa shape index (κ2) is 6.77. The summed E-state index contributed by atoms with van der Waals surface area (Å²) in [6.45, 7) is 2.70. The van der Waals surface area contributed by atoms with Gasteiger partial charge >= 0.3 is 0 Å². The molecule has 0 unspecified atom stereocenters. The molecule has 1 aliphatic heterocycles. The van der Waals surface area contributed by atoms with E-state index in [0.29, 0.717) is 25.3 Å². The zero-order valence-electron chi connectivity index (χ0n) is 13.9. The summed E-state index contributed by atoms with van der Waals surface area (Å²) in [5, 5.41) is 16.9. The van der Waals surface area contributed by atoms with Gasteiger partial charge in [0.15, 0.2) is 5.69 Å². The number of anilines is 1. The first-order valence-electron chi connectivity index (χ1n) is 8.20. The third-order valence-corrected chi connectivity index (χ3v) is 5.12. The largest absolute Gasteiger partial charge is 0.368 e. The minimum atomic E-state index is -0.134. The first-order valence-corrected chi connectivity index (χ1v) is 9.07. The Bertz CT molecular complexity index is 916. The number of fused-ring (bicyclic) bond motifs is 2. The van der Waals surface area contributed by atoms with E-state index in [9.17, 15) is 4.79 Å². The standard InChI is InChI=1S/C16H19N7OS/c1-23-12-2-4-17-8-11(12)13(22-23)15(24)19-6-5-18-14-10-3-7-25-16(10)21-9-20-14/h3,7,9,17H,2,4-6,8H2,1H3,(H,19,24)(H,18,20,21). The van der Waals surface area contributed by atoms with Crippen molar-refractivity contribution in [1.29, 1.82) is 0 Å². The van der Waals surface area contributed by atoms with Gasteiger partial charge < -0.3 is 16.0 Å². The number of hydrogen-bond donors (Lipinski definition) is 3. The summed E-state index contributed by atoms with van der Waals surface area (Å²) in [5.74, 6) is 0.658. The van der Waals surface area contributed by atoms with Gasteiger partial charge in [-0.15, -0.1) is 11.3 Å². The Kier molecular flexibility index (Phi) is 4.33. The molecule has 8 nitrogen and oxygen atoms in total. The van der Waals surface area contributed by atoms with Crippen LogP contribution in [0.25, 0.3) is 10.2 Å². The monoisotopic (exact) mass is 357 g/mol. The lowest BCUT2D eigenvalue weighted by atomic mass is 10.1. The quantitative estimate of drug-likeness (QED) is 0.588. The highest BCUT2D eigenvalue weighted by Crippen LogP contribution is 2.23. The molecule has 0 atom stereocenters. The van der Waals surface area contributed by atoms with Crippen LogP contribution in [0, 0.1) is 0 Å². The maximum absolute atomic E-state index is 12.4. The Hall–Kier alpha value is -2.52. The summed E-state index contributed by atoms with van der Waals surface area (Å²) in [7, 11) is 1.89. The highest BCUT2D eigenvalue weighted by atomic mass is 32.1. The number of carbonyl (C=O) groups excluding carboxylic acids is 1. The van der Waals surface area contributed by atoms with Gasteiger partial charge in [-0.1, -0.05) is 0 Å². The van der Waals surface area contributed by atoms with E-state index in [1.807, 2.05) is 23.2 Å². The van der Waals surface area contributed by atoms with Crippen LogP contribution in [0.2, 0.25) is 0 Å². The van der Waals surface area contributed by atoms with Crippen LogP contribution < -0.4 is 16.0 Å². The van der Waals surface area contributed by atoms with Gasteiger partial charge in [-0.2, -0.15) is 5.10 Å². The van der Waals surface area contributed by atoms with Crippen LogP contribution in [0.3, 0.4) is 0 Å². The van der Waals surface area contributed by atoms with Crippen molar-refractivity contribution in [1.82, 2.24) is 30.4 Å². The number of nitrogens with one attached hydrogen (secondary N) is 3. The molecule has 3 aromatic heterocycles. The van der Waals surface area contributed by atoms with Crippen molar-refractivity contribution in [3.05, 3.63) is 34.7 Å². The number of thiophene rings is 1. The molecular formula is C16H19N7OS. The van der Waals surface area contributed by atoms with Crippen LogP contribution in [0.5, 0.6) is 0 Å². The maximum atomic E-state index is 12.4. The molecular weight excluding hydrogens is 338 g/mol. The Balaban J connectivity index is 1.36. The summed E-state index contributed by atoms with van der Waals surface area (Å²) < 4.78 is 1.82. The molecule has 1 amide bonds. The van der Waals surface area contributed by atoms with E-state index in [-0.39, 0.29) is 5.91 Å². The van der Waals surface area contributed by atoms with E-state index in [0.717, 1.165) is 40.3 Å². The molecule has 3 N–H and O–H groups in total. The summed E-state index contributed by atoms with van der Waals surface area (Å²) in [6.07, 6.45) is 2.45. The van der Waals surface area contributed by atoms with E-state index in [2.05, 4.69) is 31.0 Å². The van der Waals surface area contributed by atoms with Crippen molar-refractivity contribution in [3.8, 4) is 0 Å². The first-order chi connectivity index (χ1) is 12.2. The fourth-order valence-corrected chi connectivity index (χ4v) is 3.81. The van der Waals surface area contributed by atoms with Gasteiger partial charge in [-0.25, -0.2) is 9.97 Å². The van der Waals surface area contributed by atoms with Gasteiger partial charge in [0.1, 0.15) is 17.0 Å². The minimum absolute atomic E-state index is 0.134. The van der Waals surface area contributed by atoms with Gasteiger partial charge in [-0.3, -0.25) is 9.48 Å². The van der Waals surface area contributed by atoms with Crippen LogP contribution in [0.1, 0.15) is 21.7 Å². The maximum Gasteiger partial charge on any atom is 0.272 e. The number of aryl methyl sites for hydroxylation is 1. The molecule has 0 fully saturated rings. The molecule has 4 heterocycles. The van der Waals surface area contributed by atoms with E-state index in [4.69, 9.17) is 0 Å². The van der Waals surface area contributed by atoms with Gasteiger partial charge in [0.2, 0.25) is 0 Å². The van der Waals surface area contributed by atoms with Crippen molar-refractivity contribution >= 4 is 33.3 Å². The highest BCUT2D eigenvalue weighted by molar-refractivity contribution is 7.16. The zero-order chi connectivity index (χ0) is 17.2. The Labute approximate surface area is 148 Å². The Morgan fingerprint density at radius 1 is 1.40 bits per heavy atom. The molecule has 25 heavy (non-hydrogen) atoms. The summed E-state index contributed by atoms with van der Waals surface area (Å²) in [5.41, 5.74) is 2.67. The average Bonchev–Trinajstić information content (AvgIpc) is 3.24. The molecule has 0 spiro atoms. The van der Waals surface area contributed by atoms with E-state index >= 15 is 0 Å². The number of hydrogen-bond acceptors (Lipinski definition) is 7. The molecule has 130 valence electrons. The number of carbonyl (C=O) groups is 1. The van der Waals surface area contributed by atoms with Crippen LogP contribution >= 0.6 is 11.3 Å². The number of amides is 1. The van der Waals surface area contributed by atoms with Crippen molar-refractivity contribution in [2.75, 3.05) is 25.0 Å². The third kappa shape index (κ3) is 3.08. The van der Waals surface area contributed by atoms with Gasteiger partial charge in [0, 0.05) is 50.9 Å². The molecule has 0 aromatic carbocycles. The molecule has 9 heteroatoms. The molecule has 0 aliphatic carbocycles. The highest BCUT2D eigenvalue weighted by Gasteiger charge is 2.23. The number of rotatable bonds is 5. The molecule has 0 radical (unpaired) electrons. The fourth-order valence-electron chi connectivity index (χ4n) is 3.08. The van der Waals surface area contributed by atoms with Crippen LogP contribution in [-0.2, 0) is 20.0 Å². The Morgan fingerprint density at radius 3 is 3.24 bits per heavy atom. The van der Waals surface area contributed by atoms with Crippen molar-refractivity contribution in [2.24, 2.45) is 7.05 Å². The summed E-state index contributed by atoms with van der Waals surface area (Å²) >= 11 is 1.58. The molecule has 0 bridgehead atoms. The molecule has 1 aliphatic rings. The fraction of sp³-hybridized carbons (Fsp3) is 0.375. The lowest BCUT2D eigenvalue weighted by Gasteiger charge is -2.14. The first kappa shape index (κ1) is 16.0. The van der Waals surface area contributed by atoms with Gasteiger partial charge in [-0.05, 0) is 11.4 Å². The van der Waals surface area contributed by atoms with Crippen LogP contribution in [0.4, 0.5) is 5.82 Å². The lowest BCUT2D eigenvalue weighted by molar-refractivity contribution is 0.0948. The number of aromatic nitrogens is 4. The van der Waals surface area contributed by atoms with Crippen LogP contribution in [0.15, 0.2) is 17.8 Å². The van der Waals surface area contributed by atoms with E-state index in [1.54, 1.807) is 17.7 Å². The molecule has 4 rings (SSSR count). The lowest BCUT2D eigenvalue weighted by Crippen LogP contribution is -2.31. The topological polar surface area (TPSA) is 96.8 Å². The minimum Gasteiger partial charge on any atom is -0.368 e. The average molecular weight is 357 g/mol. The van der Waals surface area contributed by atoms with E-state index in [1.165, 1.54) is 0 Å². The van der Waals surface area contributed by atoms with Gasteiger partial charge in [0.05, 0.1) is 5.39 Å². The predicted molar refractivity (Wildman–Crippen MR) is 96.9 cm³/mol. The van der Waals surface area contributed by atoms with Gasteiger partial charge in [0.25, 0.3) is 5.91 Å². The van der Waals surface area contributed by atoms with Crippen molar-refractivity contribution in [2.45, 2.75) is 13.0 Å². The zero-order valence-corrected chi connectivity index (χ0v) is 14.7. The summed E-state index contributed by atoms with van der Waals surface area (Å²) in [4.78, 5) is 21.9. The number of nitrogens with zero attached hydrogens (tertiary/aromatic N) is 4. The third-order valence-electron chi connectivity index (χ3n) is 4.29. The van der Waals surface area contributed by atoms with E-state index < -0.39 is 0 Å². The van der Waals surface area contributed by atoms with Crippen LogP contribution in [-0.4, -0.2) is 45.3 Å². The SMILES string of the molecule is Cn1nc(C(=O)NCCNc2ncnc3sccc23)c2c1CCNC2. The molecule has 0 saturated carbocycles.